The zero-order chi connectivity index (χ0) is 43.4. The van der Waals surface area contributed by atoms with Gasteiger partial charge in [0.15, 0.2) is 0 Å². The van der Waals surface area contributed by atoms with Gasteiger partial charge in [0.25, 0.3) is 0 Å². The van der Waals surface area contributed by atoms with Gasteiger partial charge in [0.2, 0.25) is 0 Å². The number of hydrogen-bond acceptors (Lipinski definition) is 3. The molecular formula is C56H102O3Si. The molecule has 60 heavy (non-hydrogen) atoms. The summed E-state index contributed by atoms with van der Waals surface area (Å²) >= 11 is 0. The van der Waals surface area contributed by atoms with Gasteiger partial charge < -0.3 is 13.6 Å². The van der Waals surface area contributed by atoms with Gasteiger partial charge in [-0.3, -0.25) is 0 Å². The maximum atomic E-state index is 7.10. The topological polar surface area (TPSA) is 27.7 Å². The Morgan fingerprint density at radius 2 is 1.38 bits per heavy atom. The van der Waals surface area contributed by atoms with Crippen LogP contribution in [0.5, 0.6) is 0 Å². The molecule has 3 fully saturated rings. The van der Waals surface area contributed by atoms with E-state index in [1.807, 2.05) is 0 Å². The second-order valence-corrected chi connectivity index (χ2v) is 25.5. The second-order valence-electron chi connectivity index (χ2n) is 22.2. The highest BCUT2D eigenvalue weighted by Gasteiger charge is 2.59. The van der Waals surface area contributed by atoms with Crippen molar-refractivity contribution in [3.8, 4) is 0 Å². The van der Waals surface area contributed by atoms with E-state index in [-0.39, 0.29) is 12.4 Å². The average molecular weight is 852 g/mol. The van der Waals surface area contributed by atoms with Crippen LogP contribution in [-0.4, -0.2) is 27.6 Å². The quantitative estimate of drug-likeness (QED) is 0.0301. The minimum absolute atomic E-state index is 0.142. The molecule has 4 rings (SSSR count). The third kappa shape index (κ3) is 15.8. The summed E-state index contributed by atoms with van der Waals surface area (Å²) in [6, 6.07) is 0. The number of rotatable bonds is 31. The first-order chi connectivity index (χ1) is 28.9. The van der Waals surface area contributed by atoms with E-state index in [4.69, 9.17) is 13.6 Å². The first-order valence-electron chi connectivity index (χ1n) is 26.8. The van der Waals surface area contributed by atoms with E-state index in [0.717, 1.165) is 73.7 Å². The molecule has 4 aliphatic carbocycles. The molecule has 0 aromatic heterocycles. The highest BCUT2D eigenvalue weighted by Crippen LogP contribution is 2.67. The molecule has 0 bridgehead atoms. The molecule has 10 atom stereocenters. The van der Waals surface area contributed by atoms with Gasteiger partial charge in [0.1, 0.15) is 6.29 Å². The Balaban J connectivity index is 1.29. The van der Waals surface area contributed by atoms with Crippen molar-refractivity contribution in [3.63, 3.8) is 0 Å². The van der Waals surface area contributed by atoms with Crippen LogP contribution in [0.25, 0.3) is 0 Å². The smallest absolute Gasteiger partial charge is 0.333 e. The number of unbranched alkanes of at least 4 members (excludes halogenated alkanes) is 12. The molecule has 4 heteroatoms. The molecule has 0 heterocycles. The minimum atomic E-state index is -2.31. The SMILES string of the molecule is CCCCC/C=C\C/C=C\CCCCCCCC(OC1CCC2(C)C(=CCC3C2CCC2(C)C(C(C)CCC(CC)C(C)C)CCC32)C1)O[Si](C)(C)OCCCCCCC. The van der Waals surface area contributed by atoms with Crippen molar-refractivity contribution < 1.29 is 13.6 Å². The molecule has 0 spiro atoms. The number of hydrogen-bond donors (Lipinski definition) is 0. The van der Waals surface area contributed by atoms with Crippen LogP contribution in [0.2, 0.25) is 13.1 Å². The Labute approximate surface area is 376 Å². The highest BCUT2D eigenvalue weighted by atomic mass is 28.4. The number of allylic oxidation sites excluding steroid dienone is 5. The molecule has 0 aliphatic heterocycles. The van der Waals surface area contributed by atoms with Crippen LogP contribution in [0.3, 0.4) is 0 Å². The van der Waals surface area contributed by atoms with Gasteiger partial charge in [-0.15, -0.1) is 0 Å². The van der Waals surface area contributed by atoms with Gasteiger partial charge in [-0.1, -0.05) is 162 Å². The lowest BCUT2D eigenvalue weighted by molar-refractivity contribution is -0.150. The van der Waals surface area contributed by atoms with Gasteiger partial charge >= 0.3 is 8.56 Å². The summed E-state index contributed by atoms with van der Waals surface area (Å²) in [6.07, 6.45) is 48.5. The second kappa shape index (κ2) is 26.9. The Kier molecular flexibility index (Phi) is 23.3. The van der Waals surface area contributed by atoms with E-state index in [1.165, 1.54) is 154 Å². The number of fused-ring (bicyclic) bond motifs is 5. The fraction of sp³-hybridized carbons (Fsp3) is 0.893. The van der Waals surface area contributed by atoms with E-state index in [0.29, 0.717) is 10.8 Å². The molecular weight excluding hydrogens is 749 g/mol. The normalized spacial score (nSPS) is 29.8. The molecule has 348 valence electrons. The predicted molar refractivity (Wildman–Crippen MR) is 264 cm³/mol. The van der Waals surface area contributed by atoms with Crippen LogP contribution >= 0.6 is 0 Å². The summed E-state index contributed by atoms with van der Waals surface area (Å²) in [4.78, 5) is 0. The van der Waals surface area contributed by atoms with Crippen molar-refractivity contribution in [1.29, 1.82) is 0 Å². The van der Waals surface area contributed by atoms with E-state index in [1.54, 1.807) is 5.57 Å². The predicted octanol–water partition coefficient (Wildman–Crippen LogP) is 17.9. The molecule has 3 saturated carbocycles. The molecule has 3 nitrogen and oxygen atoms in total. The molecule has 4 aliphatic rings. The lowest BCUT2D eigenvalue weighted by Gasteiger charge is -2.58. The van der Waals surface area contributed by atoms with E-state index in [9.17, 15) is 0 Å². The number of ether oxygens (including phenoxy) is 1. The van der Waals surface area contributed by atoms with E-state index >= 15 is 0 Å². The van der Waals surface area contributed by atoms with Crippen LogP contribution in [-0.2, 0) is 13.6 Å². The third-order valence-corrected chi connectivity index (χ3v) is 18.9. The highest BCUT2D eigenvalue weighted by molar-refractivity contribution is 6.64. The monoisotopic (exact) mass is 851 g/mol. The molecule has 0 saturated heterocycles. The van der Waals surface area contributed by atoms with Crippen LogP contribution < -0.4 is 0 Å². The zero-order valence-electron chi connectivity index (χ0n) is 41.8. The van der Waals surface area contributed by atoms with Gasteiger partial charge in [-0.2, -0.15) is 0 Å². The Bertz CT molecular complexity index is 1250. The first kappa shape index (κ1) is 51.9. The minimum Gasteiger partial charge on any atom is -0.394 e. The fourth-order valence-electron chi connectivity index (χ4n) is 13.3. The van der Waals surface area contributed by atoms with Crippen LogP contribution in [0, 0.1) is 52.3 Å². The summed E-state index contributed by atoms with van der Waals surface area (Å²) in [7, 11) is -2.31. The maximum absolute atomic E-state index is 7.10. The lowest BCUT2D eigenvalue weighted by Crippen LogP contribution is -2.51. The Morgan fingerprint density at radius 1 is 0.717 bits per heavy atom. The summed E-state index contributed by atoms with van der Waals surface area (Å²) < 4.78 is 20.6. The summed E-state index contributed by atoms with van der Waals surface area (Å²) in [5.41, 5.74) is 2.63. The van der Waals surface area contributed by atoms with Gasteiger partial charge in [-0.25, -0.2) is 0 Å². The Morgan fingerprint density at radius 3 is 2.10 bits per heavy atom. The van der Waals surface area contributed by atoms with Crippen molar-refractivity contribution in [2.45, 2.75) is 261 Å². The van der Waals surface area contributed by atoms with E-state index in [2.05, 4.69) is 98.9 Å². The van der Waals surface area contributed by atoms with Crippen LogP contribution in [0.15, 0.2) is 36.0 Å². The molecule has 0 radical (unpaired) electrons. The molecule has 0 amide bonds. The van der Waals surface area contributed by atoms with Gasteiger partial charge in [0.05, 0.1) is 6.10 Å². The zero-order valence-corrected chi connectivity index (χ0v) is 42.8. The summed E-state index contributed by atoms with van der Waals surface area (Å²) in [6.45, 7) is 25.3. The first-order valence-corrected chi connectivity index (χ1v) is 29.7. The van der Waals surface area contributed by atoms with Crippen LogP contribution in [0.4, 0.5) is 0 Å². The van der Waals surface area contributed by atoms with E-state index < -0.39 is 8.56 Å². The van der Waals surface area contributed by atoms with Gasteiger partial charge in [-0.05, 0) is 175 Å². The summed E-state index contributed by atoms with van der Waals surface area (Å²) in [5.74, 6) is 6.16. The maximum Gasteiger partial charge on any atom is 0.333 e. The molecule has 0 aromatic carbocycles. The summed E-state index contributed by atoms with van der Waals surface area (Å²) in [5, 5.41) is 0. The Hall–Kier alpha value is -0.683. The average Bonchev–Trinajstić information content (AvgIpc) is 3.58. The standard InChI is InChI=1S/C56H102O3Si/c1-11-14-16-18-19-20-21-22-23-24-25-26-27-28-30-32-54(59-60(9,10)57-43-31-29-17-15-12-2)58-49-39-41-55(7)48(44-49)35-36-50-52-38-37-51(56(52,8)42-40-53(50)55)46(6)33-34-47(13-3)45(4)5/h19-20,22-23,35,45-47,49-54H,11-18,21,24-34,36-44H2,1-10H3/b20-19-,23-22-. The van der Waals surface area contributed by atoms with Crippen molar-refractivity contribution >= 4 is 8.56 Å². The van der Waals surface area contributed by atoms with Crippen LogP contribution in [0.1, 0.15) is 235 Å². The van der Waals surface area contributed by atoms with Crippen molar-refractivity contribution in [2.24, 2.45) is 52.3 Å². The van der Waals surface area contributed by atoms with Crippen molar-refractivity contribution in [3.05, 3.63) is 36.0 Å². The lowest BCUT2D eigenvalue weighted by atomic mass is 9.47. The molecule has 0 N–H and O–H groups in total. The molecule has 10 unspecified atom stereocenters. The molecule has 0 aromatic rings. The van der Waals surface area contributed by atoms with Crippen molar-refractivity contribution in [2.75, 3.05) is 6.61 Å². The van der Waals surface area contributed by atoms with Gasteiger partial charge in [0, 0.05) is 6.61 Å². The van der Waals surface area contributed by atoms with Crippen molar-refractivity contribution in [1.82, 2.24) is 0 Å². The largest absolute Gasteiger partial charge is 0.394 e. The fourth-order valence-corrected chi connectivity index (χ4v) is 14.8. The third-order valence-electron chi connectivity index (χ3n) is 17.1.